The van der Waals surface area contributed by atoms with Crippen LogP contribution in [0.5, 0.6) is 0 Å². The number of nitrogens with zero attached hydrogens (tertiary/aromatic N) is 2. The number of aromatic nitrogens is 1. The third-order valence-electron chi connectivity index (χ3n) is 2.45. The first-order chi connectivity index (χ1) is 8.08. The Morgan fingerprint density at radius 1 is 1.41 bits per heavy atom. The second-order valence-corrected chi connectivity index (χ2v) is 4.55. The number of hydrogen-bond acceptors (Lipinski definition) is 4. The summed E-state index contributed by atoms with van der Waals surface area (Å²) in [5, 5.41) is 4.37. The van der Waals surface area contributed by atoms with Gasteiger partial charge in [0.25, 0.3) is 0 Å². The van der Waals surface area contributed by atoms with Gasteiger partial charge in [-0.3, -0.25) is 0 Å². The molecular formula is C12H14ClN3O. The van der Waals surface area contributed by atoms with E-state index in [4.69, 9.17) is 21.9 Å². The Balaban J connectivity index is 2.34. The van der Waals surface area contributed by atoms with Crippen molar-refractivity contribution in [3.05, 3.63) is 35.0 Å². The fourth-order valence-electron chi connectivity index (χ4n) is 1.65. The summed E-state index contributed by atoms with van der Waals surface area (Å²) in [7, 11) is 4.00. The highest BCUT2D eigenvalue weighted by Gasteiger charge is 2.09. The first-order valence-corrected chi connectivity index (χ1v) is 5.59. The topological polar surface area (TPSA) is 55.3 Å². The second-order valence-electron chi connectivity index (χ2n) is 4.15. The van der Waals surface area contributed by atoms with E-state index in [1.807, 2.05) is 32.3 Å². The Kier molecular flexibility index (Phi) is 3.36. The van der Waals surface area contributed by atoms with Crippen LogP contribution in [0, 0.1) is 0 Å². The summed E-state index contributed by atoms with van der Waals surface area (Å²) >= 11 is 6.22. The predicted molar refractivity (Wildman–Crippen MR) is 68.8 cm³/mol. The van der Waals surface area contributed by atoms with Crippen LogP contribution in [-0.2, 0) is 6.54 Å². The van der Waals surface area contributed by atoms with E-state index < -0.39 is 0 Å². The van der Waals surface area contributed by atoms with E-state index in [2.05, 4.69) is 10.1 Å². The summed E-state index contributed by atoms with van der Waals surface area (Å²) in [5.74, 6) is 0.307. The van der Waals surface area contributed by atoms with E-state index in [0.717, 1.165) is 28.3 Å². The molecular weight excluding hydrogens is 238 g/mol. The predicted octanol–water partition coefficient (Wildman–Crippen LogP) is 2.64. The van der Waals surface area contributed by atoms with E-state index in [9.17, 15) is 0 Å². The van der Waals surface area contributed by atoms with E-state index in [0.29, 0.717) is 5.88 Å². The molecule has 0 aliphatic heterocycles. The lowest BCUT2D eigenvalue weighted by molar-refractivity contribution is 0.402. The van der Waals surface area contributed by atoms with Crippen LogP contribution in [0.2, 0.25) is 5.02 Å². The monoisotopic (exact) mass is 251 g/mol. The van der Waals surface area contributed by atoms with E-state index in [1.54, 1.807) is 6.20 Å². The quantitative estimate of drug-likeness (QED) is 0.911. The number of halogens is 1. The molecule has 17 heavy (non-hydrogen) atoms. The van der Waals surface area contributed by atoms with Crippen molar-refractivity contribution in [3.8, 4) is 11.1 Å². The highest BCUT2D eigenvalue weighted by atomic mass is 35.5. The van der Waals surface area contributed by atoms with Crippen molar-refractivity contribution in [1.29, 1.82) is 0 Å². The Bertz CT molecular complexity index is 522. The summed E-state index contributed by atoms with van der Waals surface area (Å²) in [6.07, 6.45) is 1.59. The molecule has 0 aliphatic rings. The molecule has 0 aliphatic carbocycles. The lowest BCUT2D eigenvalue weighted by Gasteiger charge is -2.11. The van der Waals surface area contributed by atoms with Gasteiger partial charge in [-0.1, -0.05) is 28.9 Å². The van der Waals surface area contributed by atoms with E-state index in [1.165, 1.54) is 0 Å². The van der Waals surface area contributed by atoms with Crippen LogP contribution in [0.15, 0.2) is 28.9 Å². The Labute approximate surface area is 105 Å². The number of nitrogens with two attached hydrogens (primary N) is 1. The van der Waals surface area contributed by atoms with Gasteiger partial charge in [0.15, 0.2) is 0 Å². The van der Waals surface area contributed by atoms with Crippen LogP contribution >= 0.6 is 11.6 Å². The van der Waals surface area contributed by atoms with Gasteiger partial charge in [0.05, 0.1) is 11.8 Å². The van der Waals surface area contributed by atoms with Gasteiger partial charge >= 0.3 is 0 Å². The third kappa shape index (κ3) is 2.60. The average molecular weight is 252 g/mol. The fraction of sp³-hybridized carbons (Fsp3) is 0.250. The van der Waals surface area contributed by atoms with Gasteiger partial charge in [-0.25, -0.2) is 0 Å². The van der Waals surface area contributed by atoms with Crippen molar-refractivity contribution in [1.82, 2.24) is 10.1 Å². The zero-order chi connectivity index (χ0) is 12.4. The number of benzene rings is 1. The lowest BCUT2D eigenvalue weighted by atomic mass is 10.1. The van der Waals surface area contributed by atoms with Gasteiger partial charge in [-0.2, -0.15) is 0 Å². The molecule has 2 rings (SSSR count). The van der Waals surface area contributed by atoms with Crippen LogP contribution in [-0.4, -0.2) is 24.2 Å². The summed E-state index contributed by atoms with van der Waals surface area (Å²) in [6.45, 7) is 0.804. The molecule has 0 atom stereocenters. The van der Waals surface area contributed by atoms with Gasteiger partial charge in [0.2, 0.25) is 5.88 Å². The van der Waals surface area contributed by atoms with Gasteiger partial charge in [-0.05, 0) is 31.3 Å². The SMILES string of the molecule is CN(C)Cc1ccc(-c2cnoc2N)cc1Cl. The minimum Gasteiger partial charge on any atom is -0.367 e. The van der Waals surface area contributed by atoms with Crippen LogP contribution in [0.4, 0.5) is 5.88 Å². The summed E-state index contributed by atoms with van der Waals surface area (Å²) in [4.78, 5) is 2.06. The van der Waals surface area contributed by atoms with Crippen LogP contribution in [0.25, 0.3) is 11.1 Å². The lowest BCUT2D eigenvalue weighted by Crippen LogP contribution is -2.10. The molecule has 90 valence electrons. The molecule has 4 nitrogen and oxygen atoms in total. The highest BCUT2D eigenvalue weighted by molar-refractivity contribution is 6.31. The van der Waals surface area contributed by atoms with E-state index in [-0.39, 0.29) is 0 Å². The summed E-state index contributed by atoms with van der Waals surface area (Å²) in [6, 6.07) is 5.83. The molecule has 0 unspecified atom stereocenters. The molecule has 0 bridgehead atoms. The smallest absolute Gasteiger partial charge is 0.229 e. The molecule has 0 radical (unpaired) electrons. The van der Waals surface area contributed by atoms with Crippen molar-refractivity contribution in [2.75, 3.05) is 19.8 Å². The van der Waals surface area contributed by atoms with Crippen LogP contribution in [0.1, 0.15) is 5.56 Å². The van der Waals surface area contributed by atoms with Crippen molar-refractivity contribution in [2.24, 2.45) is 0 Å². The van der Waals surface area contributed by atoms with Gasteiger partial charge < -0.3 is 15.2 Å². The minimum atomic E-state index is 0.307. The van der Waals surface area contributed by atoms with Gasteiger partial charge in [-0.15, -0.1) is 0 Å². The molecule has 1 aromatic heterocycles. The molecule has 0 spiro atoms. The Hall–Kier alpha value is -1.52. The normalized spacial score (nSPS) is 11.1. The number of anilines is 1. The number of nitrogen functional groups attached to an aromatic ring is 1. The summed E-state index contributed by atoms with van der Waals surface area (Å²) in [5.41, 5.74) is 8.42. The number of rotatable bonds is 3. The molecule has 1 heterocycles. The van der Waals surface area contributed by atoms with Crippen molar-refractivity contribution < 1.29 is 4.52 Å². The minimum absolute atomic E-state index is 0.307. The maximum atomic E-state index is 6.22. The first kappa shape index (κ1) is 12.0. The maximum Gasteiger partial charge on any atom is 0.229 e. The highest BCUT2D eigenvalue weighted by Crippen LogP contribution is 2.29. The second kappa shape index (κ2) is 4.77. The largest absolute Gasteiger partial charge is 0.367 e. The standard InChI is InChI=1S/C12H14ClN3O/c1-16(2)7-9-4-3-8(5-11(9)13)10-6-15-17-12(10)14/h3-6H,7,14H2,1-2H3. The molecule has 0 amide bonds. The van der Waals surface area contributed by atoms with Crippen molar-refractivity contribution in [2.45, 2.75) is 6.54 Å². The maximum absolute atomic E-state index is 6.22. The van der Waals surface area contributed by atoms with Crippen LogP contribution in [0.3, 0.4) is 0 Å². The molecule has 5 heteroatoms. The van der Waals surface area contributed by atoms with Crippen molar-refractivity contribution in [3.63, 3.8) is 0 Å². The fourth-order valence-corrected chi connectivity index (χ4v) is 1.89. The van der Waals surface area contributed by atoms with E-state index >= 15 is 0 Å². The zero-order valence-electron chi connectivity index (χ0n) is 9.77. The average Bonchev–Trinajstić information content (AvgIpc) is 2.67. The molecule has 2 N–H and O–H groups in total. The zero-order valence-corrected chi connectivity index (χ0v) is 10.5. The third-order valence-corrected chi connectivity index (χ3v) is 2.80. The first-order valence-electron chi connectivity index (χ1n) is 5.21. The van der Waals surface area contributed by atoms with Gasteiger partial charge in [0.1, 0.15) is 0 Å². The molecule has 0 saturated carbocycles. The molecule has 1 aromatic carbocycles. The Morgan fingerprint density at radius 2 is 2.18 bits per heavy atom. The number of hydrogen-bond donors (Lipinski definition) is 1. The molecule has 0 fully saturated rings. The van der Waals surface area contributed by atoms with Crippen LogP contribution < -0.4 is 5.73 Å². The Morgan fingerprint density at radius 3 is 2.71 bits per heavy atom. The van der Waals surface area contributed by atoms with Gasteiger partial charge in [0, 0.05) is 11.6 Å². The molecule has 0 saturated heterocycles. The van der Waals surface area contributed by atoms with Crippen molar-refractivity contribution >= 4 is 17.5 Å². The summed E-state index contributed by atoms with van der Waals surface area (Å²) < 4.78 is 4.83. The molecule has 2 aromatic rings.